The van der Waals surface area contributed by atoms with Gasteiger partial charge in [-0.05, 0) is 61.1 Å². The Labute approximate surface area is 235 Å². The molecule has 4 aromatic rings. The molecule has 3 heterocycles. The highest BCUT2D eigenvalue weighted by Crippen LogP contribution is 2.35. The number of rotatable bonds is 6. The van der Waals surface area contributed by atoms with E-state index in [-0.39, 0.29) is 17.8 Å². The second kappa shape index (κ2) is 11.6. The first-order valence-electron chi connectivity index (χ1n) is 13.0. The van der Waals surface area contributed by atoms with E-state index in [1.807, 2.05) is 19.0 Å². The maximum Gasteiger partial charge on any atom is 0.416 e. The zero-order valence-electron chi connectivity index (χ0n) is 22.6. The number of likely N-dealkylation sites (N-methyl/N-ethyl adjacent to an activating group) is 1. The van der Waals surface area contributed by atoms with Crippen LogP contribution in [0.5, 0.6) is 0 Å². The van der Waals surface area contributed by atoms with E-state index in [2.05, 4.69) is 30.7 Å². The van der Waals surface area contributed by atoms with Gasteiger partial charge in [0, 0.05) is 62.9 Å². The predicted octanol–water partition coefficient (Wildman–Crippen LogP) is 4.54. The van der Waals surface area contributed by atoms with E-state index in [1.165, 1.54) is 12.1 Å². The molecule has 13 heteroatoms. The van der Waals surface area contributed by atoms with Crippen LogP contribution < -0.4 is 16.4 Å². The summed E-state index contributed by atoms with van der Waals surface area (Å²) in [4.78, 5) is 20.9. The van der Waals surface area contributed by atoms with Crippen molar-refractivity contribution in [3.8, 4) is 22.8 Å². The van der Waals surface area contributed by atoms with Crippen molar-refractivity contribution >= 4 is 23.2 Å². The Bertz CT molecular complexity index is 1530. The number of hydrogen-bond acceptors (Lipinski definition) is 7. The molecule has 0 aliphatic carbocycles. The molecule has 2 aromatic heterocycles. The number of hydrogen-bond donors (Lipinski definition) is 3. The molecule has 1 saturated heterocycles. The van der Waals surface area contributed by atoms with Crippen LogP contribution in [0.4, 0.5) is 35.2 Å². The number of anilines is 3. The number of aromatic nitrogens is 4. The number of urea groups is 1. The van der Waals surface area contributed by atoms with Gasteiger partial charge < -0.3 is 25.8 Å². The monoisotopic (exact) mass is 565 g/mol. The lowest BCUT2D eigenvalue weighted by molar-refractivity contribution is -0.138. The zero-order valence-corrected chi connectivity index (χ0v) is 22.6. The van der Waals surface area contributed by atoms with Gasteiger partial charge in [-0.3, -0.25) is 4.90 Å². The van der Waals surface area contributed by atoms with Crippen molar-refractivity contribution in [3.05, 3.63) is 71.9 Å². The minimum absolute atomic E-state index is 0.0508. The number of alkyl halides is 3. The van der Waals surface area contributed by atoms with E-state index in [1.54, 1.807) is 47.2 Å². The van der Waals surface area contributed by atoms with Crippen LogP contribution in [0.1, 0.15) is 11.1 Å². The van der Waals surface area contributed by atoms with Gasteiger partial charge >= 0.3 is 12.2 Å². The molecule has 1 aliphatic heterocycles. The largest absolute Gasteiger partial charge is 0.416 e. The molecule has 0 atom stereocenters. The molecule has 0 saturated carbocycles. The van der Waals surface area contributed by atoms with Crippen molar-refractivity contribution < 1.29 is 18.0 Å². The van der Waals surface area contributed by atoms with Gasteiger partial charge in [-0.2, -0.15) is 13.2 Å². The van der Waals surface area contributed by atoms with Crippen LogP contribution in [-0.2, 0) is 19.8 Å². The standard InChI is InChI=1S/C28H30F3N9O/c1-38-12-14-40(15-13-38)17-19-7-10-21(16-23(19)28(29,30)31)35-27(41)34-20-8-5-18(6-9-20)25-36-37-26(39(25)2)22-4-3-11-33-24(22)32/h3-11,16H,12-15,17H2,1-2H3,(H2,32,33)(H2,34,35,41). The zero-order chi connectivity index (χ0) is 29.1. The number of halogens is 3. The number of piperazine rings is 1. The third kappa shape index (κ3) is 6.47. The van der Waals surface area contributed by atoms with Crippen molar-refractivity contribution in [2.75, 3.05) is 49.6 Å². The van der Waals surface area contributed by atoms with Crippen LogP contribution in [0.15, 0.2) is 60.8 Å². The van der Waals surface area contributed by atoms with E-state index in [0.717, 1.165) is 24.7 Å². The number of nitrogens with zero attached hydrogens (tertiary/aromatic N) is 6. The third-order valence-corrected chi connectivity index (χ3v) is 7.02. The Morgan fingerprint density at radius 2 is 1.59 bits per heavy atom. The van der Waals surface area contributed by atoms with Gasteiger partial charge in [0.25, 0.3) is 0 Å². The molecule has 41 heavy (non-hydrogen) atoms. The van der Waals surface area contributed by atoms with E-state index in [0.29, 0.717) is 41.8 Å². The van der Waals surface area contributed by atoms with Gasteiger partial charge in [-0.25, -0.2) is 9.78 Å². The van der Waals surface area contributed by atoms with Crippen molar-refractivity contribution in [1.82, 2.24) is 29.5 Å². The van der Waals surface area contributed by atoms with Crippen molar-refractivity contribution in [3.63, 3.8) is 0 Å². The number of nitrogens with one attached hydrogen (secondary N) is 2. The first-order valence-corrected chi connectivity index (χ1v) is 13.0. The maximum absolute atomic E-state index is 13.9. The van der Waals surface area contributed by atoms with Crippen molar-refractivity contribution in [2.24, 2.45) is 7.05 Å². The smallest absolute Gasteiger partial charge is 0.383 e. The summed E-state index contributed by atoms with van der Waals surface area (Å²) >= 11 is 0. The maximum atomic E-state index is 13.9. The second-order valence-electron chi connectivity index (χ2n) is 9.95. The van der Waals surface area contributed by atoms with Crippen LogP contribution in [-0.4, -0.2) is 68.8 Å². The molecule has 2 aromatic carbocycles. The van der Waals surface area contributed by atoms with E-state index >= 15 is 0 Å². The molecule has 0 unspecified atom stereocenters. The molecule has 1 aliphatic rings. The van der Waals surface area contributed by atoms with Crippen LogP contribution >= 0.6 is 0 Å². The lowest BCUT2D eigenvalue weighted by Gasteiger charge is -2.33. The highest BCUT2D eigenvalue weighted by Gasteiger charge is 2.34. The molecule has 0 spiro atoms. The Morgan fingerprint density at radius 3 is 2.27 bits per heavy atom. The van der Waals surface area contributed by atoms with Crippen LogP contribution in [0, 0.1) is 0 Å². The molecule has 1 fully saturated rings. The summed E-state index contributed by atoms with van der Waals surface area (Å²) in [5, 5.41) is 13.7. The fourth-order valence-electron chi connectivity index (χ4n) is 4.72. The highest BCUT2D eigenvalue weighted by atomic mass is 19.4. The quantitative estimate of drug-likeness (QED) is 0.314. The lowest BCUT2D eigenvalue weighted by Crippen LogP contribution is -2.44. The van der Waals surface area contributed by atoms with Crippen molar-refractivity contribution in [2.45, 2.75) is 12.7 Å². The van der Waals surface area contributed by atoms with Gasteiger partial charge in [0.15, 0.2) is 11.6 Å². The molecule has 0 bridgehead atoms. The average molecular weight is 566 g/mol. The molecule has 5 rings (SSSR count). The normalized spacial score (nSPS) is 14.7. The minimum atomic E-state index is -4.55. The summed E-state index contributed by atoms with van der Waals surface area (Å²) in [6, 6.07) is 13.7. The summed E-state index contributed by atoms with van der Waals surface area (Å²) in [6.07, 6.45) is -2.95. The van der Waals surface area contributed by atoms with Gasteiger partial charge in [-0.1, -0.05) is 6.07 Å². The summed E-state index contributed by atoms with van der Waals surface area (Å²) in [6.45, 7) is 3.21. The number of carbonyl (C=O) groups is 1. The van der Waals surface area contributed by atoms with Gasteiger partial charge in [0.05, 0.1) is 11.1 Å². The SMILES string of the molecule is CN1CCN(Cc2ccc(NC(=O)Nc3ccc(-c4nnc(-c5cccnc5N)n4C)cc3)cc2C(F)(F)F)CC1. The van der Waals surface area contributed by atoms with E-state index in [9.17, 15) is 18.0 Å². The first-order chi connectivity index (χ1) is 19.6. The molecule has 10 nitrogen and oxygen atoms in total. The summed E-state index contributed by atoms with van der Waals surface area (Å²) in [5.74, 6) is 1.47. The average Bonchev–Trinajstić information content (AvgIpc) is 3.31. The number of benzene rings is 2. The molecule has 214 valence electrons. The highest BCUT2D eigenvalue weighted by molar-refractivity contribution is 6.00. The summed E-state index contributed by atoms with van der Waals surface area (Å²) in [7, 11) is 3.80. The molecular formula is C28H30F3N9O. The number of nitrogens with two attached hydrogens (primary N) is 1. The first kappa shape index (κ1) is 28.1. The van der Waals surface area contributed by atoms with Crippen LogP contribution in [0.2, 0.25) is 0 Å². The molecular weight excluding hydrogens is 535 g/mol. The van der Waals surface area contributed by atoms with E-state index < -0.39 is 17.8 Å². The minimum Gasteiger partial charge on any atom is -0.383 e. The fourth-order valence-corrected chi connectivity index (χ4v) is 4.72. The summed E-state index contributed by atoms with van der Waals surface area (Å²) < 4.78 is 43.4. The Hall–Kier alpha value is -4.49. The fraction of sp³-hybridized carbons (Fsp3) is 0.286. The molecule has 2 amide bonds. The number of carbonyl (C=O) groups excluding carboxylic acids is 1. The number of pyridine rings is 1. The third-order valence-electron chi connectivity index (χ3n) is 7.02. The Morgan fingerprint density at radius 1 is 0.927 bits per heavy atom. The topological polar surface area (TPSA) is 117 Å². The number of nitrogen functional groups attached to an aromatic ring is 1. The summed E-state index contributed by atoms with van der Waals surface area (Å²) in [5.41, 5.74) is 7.30. The molecule has 4 N–H and O–H groups in total. The Kier molecular flexibility index (Phi) is 7.90. The number of amides is 2. The van der Waals surface area contributed by atoms with Crippen LogP contribution in [0.25, 0.3) is 22.8 Å². The predicted molar refractivity (Wildman–Crippen MR) is 151 cm³/mol. The van der Waals surface area contributed by atoms with Crippen molar-refractivity contribution in [1.29, 1.82) is 0 Å². The second-order valence-corrected chi connectivity index (χ2v) is 9.95. The van der Waals surface area contributed by atoms with Gasteiger partial charge in [0.2, 0.25) is 0 Å². The van der Waals surface area contributed by atoms with Gasteiger partial charge in [-0.15, -0.1) is 10.2 Å². The Balaban J connectivity index is 1.25. The molecule has 0 radical (unpaired) electrons. The van der Waals surface area contributed by atoms with Crippen LogP contribution in [0.3, 0.4) is 0 Å². The lowest BCUT2D eigenvalue weighted by atomic mass is 10.0. The van der Waals surface area contributed by atoms with E-state index in [4.69, 9.17) is 5.73 Å². The van der Waals surface area contributed by atoms with Gasteiger partial charge in [0.1, 0.15) is 5.82 Å².